The summed E-state index contributed by atoms with van der Waals surface area (Å²) in [5.41, 5.74) is 3.37. The van der Waals surface area contributed by atoms with Gasteiger partial charge in [0.2, 0.25) is 0 Å². The molecule has 2 saturated heterocycles. The lowest BCUT2D eigenvalue weighted by atomic mass is 9.80. The van der Waals surface area contributed by atoms with Crippen LogP contribution in [0.5, 0.6) is 0 Å². The molecule has 0 spiro atoms. The largest absolute Gasteiger partial charge is 0.355 e. The van der Waals surface area contributed by atoms with Gasteiger partial charge in [-0.3, -0.25) is 0 Å². The van der Waals surface area contributed by atoms with E-state index in [1.54, 1.807) is 6.07 Å². The number of benzene rings is 1. The SMILES string of the molecule is Cc1nn([C@H](C)c2ccc(Cl)cc2Cl)c2nc(N3CC([C@H]4CCCN(CCCCS(=O)O)C4)C3)cnc12. The number of anilines is 1. The van der Waals surface area contributed by atoms with E-state index in [1.807, 2.05) is 29.9 Å². The average Bonchev–Trinajstić information content (AvgIpc) is 3.16. The first kappa shape index (κ1) is 26.8. The van der Waals surface area contributed by atoms with Crippen molar-refractivity contribution in [2.45, 2.75) is 45.6 Å². The van der Waals surface area contributed by atoms with Crippen LogP contribution in [0.25, 0.3) is 11.2 Å². The molecule has 2 fully saturated rings. The molecule has 1 unspecified atom stereocenters. The molecule has 11 heteroatoms. The van der Waals surface area contributed by atoms with Crippen LogP contribution in [0.1, 0.15) is 49.9 Å². The number of unbranched alkanes of at least 4 members (excludes halogenated alkanes) is 1. The Kier molecular flexibility index (Phi) is 8.36. The number of piperidine rings is 1. The van der Waals surface area contributed by atoms with Crippen LogP contribution < -0.4 is 4.90 Å². The van der Waals surface area contributed by atoms with Crippen molar-refractivity contribution >= 4 is 51.3 Å². The summed E-state index contributed by atoms with van der Waals surface area (Å²) in [5.74, 6) is 2.62. The van der Waals surface area contributed by atoms with Crippen molar-refractivity contribution in [3.8, 4) is 0 Å². The summed E-state index contributed by atoms with van der Waals surface area (Å²) < 4.78 is 21.8. The van der Waals surface area contributed by atoms with Gasteiger partial charge in [-0.15, -0.1) is 0 Å². The Morgan fingerprint density at radius 1 is 1.19 bits per heavy atom. The van der Waals surface area contributed by atoms with Crippen molar-refractivity contribution < 1.29 is 8.76 Å². The van der Waals surface area contributed by atoms with Gasteiger partial charge >= 0.3 is 0 Å². The number of hydrogen-bond donors (Lipinski definition) is 1. The van der Waals surface area contributed by atoms with Crippen LogP contribution in [0.15, 0.2) is 24.4 Å². The highest BCUT2D eigenvalue weighted by molar-refractivity contribution is 7.79. The van der Waals surface area contributed by atoms with E-state index < -0.39 is 11.1 Å². The third kappa shape index (κ3) is 5.96. The monoisotopic (exact) mass is 564 g/mol. The number of halogens is 2. The van der Waals surface area contributed by atoms with Crippen LogP contribution in [-0.4, -0.2) is 71.9 Å². The number of rotatable bonds is 9. The molecule has 8 nitrogen and oxygen atoms in total. The van der Waals surface area contributed by atoms with Gasteiger partial charge in [-0.1, -0.05) is 29.3 Å². The minimum absolute atomic E-state index is 0.111. The van der Waals surface area contributed by atoms with Crippen molar-refractivity contribution in [3.05, 3.63) is 45.7 Å². The molecular formula is C26H34Cl2N6O2S. The zero-order valence-electron chi connectivity index (χ0n) is 21.3. The van der Waals surface area contributed by atoms with Crippen LogP contribution in [0, 0.1) is 18.8 Å². The smallest absolute Gasteiger partial charge is 0.179 e. The highest BCUT2D eigenvalue weighted by atomic mass is 35.5. The van der Waals surface area contributed by atoms with E-state index in [0.29, 0.717) is 27.6 Å². The van der Waals surface area contributed by atoms with Gasteiger partial charge < -0.3 is 14.4 Å². The van der Waals surface area contributed by atoms with Gasteiger partial charge in [-0.05, 0) is 82.2 Å². The summed E-state index contributed by atoms with van der Waals surface area (Å²) in [6, 6.07) is 5.43. The minimum Gasteiger partial charge on any atom is -0.355 e. The van der Waals surface area contributed by atoms with Crippen LogP contribution in [-0.2, 0) is 11.1 Å². The topological polar surface area (TPSA) is 87.4 Å². The molecule has 2 aliphatic heterocycles. The van der Waals surface area contributed by atoms with Crippen molar-refractivity contribution in [3.63, 3.8) is 0 Å². The maximum absolute atomic E-state index is 10.9. The summed E-state index contributed by atoms with van der Waals surface area (Å²) in [6.07, 6.45) is 6.16. The Bertz CT molecular complexity index is 1280. The van der Waals surface area contributed by atoms with Crippen molar-refractivity contribution in [1.29, 1.82) is 0 Å². The van der Waals surface area contributed by atoms with Crippen LogP contribution in [0.3, 0.4) is 0 Å². The van der Waals surface area contributed by atoms with Crippen LogP contribution in [0.4, 0.5) is 5.82 Å². The van der Waals surface area contributed by atoms with Crippen molar-refractivity contribution in [2.24, 2.45) is 11.8 Å². The van der Waals surface area contributed by atoms with Crippen LogP contribution >= 0.6 is 23.2 Å². The van der Waals surface area contributed by atoms with Gasteiger partial charge in [0.15, 0.2) is 16.7 Å². The predicted octanol–water partition coefficient (Wildman–Crippen LogP) is 5.20. The normalized spacial score (nSPS) is 20.8. The lowest BCUT2D eigenvalue weighted by molar-refractivity contribution is 0.118. The minimum atomic E-state index is -1.68. The molecule has 0 radical (unpaired) electrons. The number of aromatic nitrogens is 4. The lowest BCUT2D eigenvalue weighted by Crippen LogP contribution is -2.54. The molecule has 5 rings (SSSR count). The van der Waals surface area contributed by atoms with Crippen molar-refractivity contribution in [1.82, 2.24) is 24.6 Å². The van der Waals surface area contributed by atoms with Gasteiger partial charge in [-0.25, -0.2) is 18.9 Å². The van der Waals surface area contributed by atoms with Crippen LogP contribution in [0.2, 0.25) is 10.0 Å². The first-order valence-electron chi connectivity index (χ1n) is 13.0. The molecule has 0 amide bonds. The van der Waals surface area contributed by atoms with Gasteiger partial charge in [0.05, 0.1) is 17.9 Å². The summed E-state index contributed by atoms with van der Waals surface area (Å²) in [5, 5.41) is 5.98. The molecule has 1 aromatic carbocycles. The zero-order chi connectivity index (χ0) is 26.1. The number of fused-ring (bicyclic) bond motifs is 1. The number of hydrogen-bond acceptors (Lipinski definition) is 6. The van der Waals surface area contributed by atoms with Gasteiger partial charge in [0, 0.05) is 35.4 Å². The highest BCUT2D eigenvalue weighted by Gasteiger charge is 2.36. The Morgan fingerprint density at radius 3 is 2.76 bits per heavy atom. The van der Waals surface area contributed by atoms with Gasteiger partial charge in [0.25, 0.3) is 0 Å². The fourth-order valence-electron chi connectivity index (χ4n) is 5.67. The van der Waals surface area contributed by atoms with E-state index in [4.69, 9.17) is 42.8 Å². The molecule has 1 N–H and O–H groups in total. The first-order valence-corrected chi connectivity index (χ1v) is 15.0. The lowest BCUT2D eigenvalue weighted by Gasteiger charge is -2.47. The third-order valence-electron chi connectivity index (χ3n) is 7.82. The molecular weight excluding hydrogens is 531 g/mol. The number of aryl methyl sites for hydroxylation is 1. The molecule has 2 aromatic heterocycles. The van der Waals surface area contributed by atoms with Crippen molar-refractivity contribution in [2.75, 3.05) is 43.4 Å². The molecule has 0 aliphatic carbocycles. The molecule has 3 aromatic rings. The summed E-state index contributed by atoms with van der Waals surface area (Å²) in [6.45, 7) is 9.29. The van der Waals surface area contributed by atoms with E-state index >= 15 is 0 Å². The highest BCUT2D eigenvalue weighted by Crippen LogP contribution is 2.35. The molecule has 2 aliphatic rings. The maximum atomic E-state index is 10.9. The second-order valence-electron chi connectivity index (χ2n) is 10.4. The van der Waals surface area contributed by atoms with Gasteiger partial charge in [-0.2, -0.15) is 5.10 Å². The first-order chi connectivity index (χ1) is 17.8. The van der Waals surface area contributed by atoms with E-state index in [2.05, 4.69) is 16.7 Å². The molecule has 200 valence electrons. The molecule has 0 bridgehead atoms. The Balaban J connectivity index is 1.24. The quantitative estimate of drug-likeness (QED) is 0.282. The fourth-order valence-corrected chi connectivity index (χ4v) is 6.69. The molecule has 3 atom stereocenters. The second kappa shape index (κ2) is 11.5. The number of likely N-dealkylation sites (tertiary alicyclic amines) is 1. The maximum Gasteiger partial charge on any atom is 0.179 e. The van der Waals surface area contributed by atoms with E-state index in [0.717, 1.165) is 73.8 Å². The number of nitrogens with zero attached hydrogens (tertiary/aromatic N) is 6. The average molecular weight is 566 g/mol. The third-order valence-corrected chi connectivity index (χ3v) is 9.02. The van der Waals surface area contributed by atoms with E-state index in [9.17, 15) is 4.21 Å². The molecule has 0 saturated carbocycles. The Labute approximate surface area is 230 Å². The molecule has 4 heterocycles. The molecule has 37 heavy (non-hydrogen) atoms. The predicted molar refractivity (Wildman–Crippen MR) is 150 cm³/mol. The summed E-state index contributed by atoms with van der Waals surface area (Å²) in [7, 11) is 0. The summed E-state index contributed by atoms with van der Waals surface area (Å²) in [4.78, 5) is 14.6. The second-order valence-corrected chi connectivity index (χ2v) is 12.3. The standard InChI is InChI=1S/C26H34Cl2N6O2S/c1-17-25-26(34(31-17)18(2)22-8-7-21(27)12-23(22)28)30-24(13-29-25)33-15-20(16-33)19-6-5-10-32(14-19)9-3-4-11-37(35)36/h7-8,12-13,18-20H,3-6,9-11,14-16H2,1-2H3,(H,35,36)/t18-,19+/m1/s1. The Morgan fingerprint density at radius 2 is 2.00 bits per heavy atom. The van der Waals surface area contributed by atoms with E-state index in [1.165, 1.54) is 12.8 Å². The fraction of sp³-hybridized carbons (Fsp3) is 0.577. The van der Waals surface area contributed by atoms with E-state index in [-0.39, 0.29) is 6.04 Å². The van der Waals surface area contributed by atoms with Gasteiger partial charge in [0.1, 0.15) is 11.3 Å². The Hall–Kier alpha value is -1.78. The summed E-state index contributed by atoms with van der Waals surface area (Å²) >= 11 is 10.9. The zero-order valence-corrected chi connectivity index (χ0v) is 23.6.